The van der Waals surface area contributed by atoms with E-state index in [1.54, 1.807) is 36.4 Å². The van der Waals surface area contributed by atoms with Gasteiger partial charge in [0.05, 0.1) is 35.8 Å². The van der Waals surface area contributed by atoms with Crippen molar-refractivity contribution in [3.05, 3.63) is 54.1 Å². The van der Waals surface area contributed by atoms with Crippen LogP contribution in [0, 0.1) is 11.3 Å². The Balaban J connectivity index is 1.72. The van der Waals surface area contributed by atoms with Crippen molar-refractivity contribution in [3.8, 4) is 6.07 Å². The summed E-state index contributed by atoms with van der Waals surface area (Å²) in [6.45, 7) is 2.67. The number of rotatable bonds is 3. The molecule has 0 radical (unpaired) electrons. The van der Waals surface area contributed by atoms with Gasteiger partial charge in [0.2, 0.25) is 0 Å². The third-order valence-electron chi connectivity index (χ3n) is 4.01. The minimum atomic E-state index is -0.829. The Kier molecular flexibility index (Phi) is 5.46. The van der Waals surface area contributed by atoms with Crippen molar-refractivity contribution >= 4 is 28.9 Å². The molecule has 0 unspecified atom stereocenters. The molecule has 2 aromatic rings. The summed E-state index contributed by atoms with van der Waals surface area (Å²) in [6, 6.07) is 15.8. The number of anilines is 3. The topological polar surface area (TPSA) is 94.5 Å². The summed E-state index contributed by atoms with van der Waals surface area (Å²) in [7, 11) is 0. The zero-order valence-electron chi connectivity index (χ0n) is 14.1. The van der Waals surface area contributed by atoms with E-state index >= 15 is 0 Å². The molecule has 7 nitrogen and oxygen atoms in total. The van der Waals surface area contributed by atoms with Crippen LogP contribution in [0.3, 0.4) is 0 Å². The number of hydrogen-bond donors (Lipinski definition) is 2. The molecule has 1 fully saturated rings. The van der Waals surface area contributed by atoms with Crippen LogP contribution in [0.2, 0.25) is 0 Å². The normalized spacial score (nSPS) is 13.6. The maximum absolute atomic E-state index is 12.3. The predicted molar refractivity (Wildman–Crippen MR) is 97.9 cm³/mol. The molecular weight excluding hydrogens is 332 g/mol. The van der Waals surface area contributed by atoms with Crippen molar-refractivity contribution < 1.29 is 14.3 Å². The fraction of sp³-hybridized carbons (Fsp3) is 0.211. The average molecular weight is 350 g/mol. The van der Waals surface area contributed by atoms with E-state index in [-0.39, 0.29) is 0 Å². The van der Waals surface area contributed by atoms with E-state index in [1.165, 1.54) is 0 Å². The van der Waals surface area contributed by atoms with Gasteiger partial charge in [-0.25, -0.2) is 0 Å². The molecule has 26 heavy (non-hydrogen) atoms. The van der Waals surface area contributed by atoms with Gasteiger partial charge in [0.1, 0.15) is 6.07 Å². The molecule has 0 aromatic heterocycles. The Morgan fingerprint density at radius 1 is 0.923 bits per heavy atom. The molecule has 1 aliphatic rings. The van der Waals surface area contributed by atoms with Crippen molar-refractivity contribution in [1.29, 1.82) is 5.26 Å². The summed E-state index contributed by atoms with van der Waals surface area (Å²) in [5.74, 6) is -1.62. The molecular formula is C19H18N4O3. The van der Waals surface area contributed by atoms with Gasteiger partial charge in [-0.2, -0.15) is 5.26 Å². The van der Waals surface area contributed by atoms with Crippen LogP contribution < -0.4 is 15.5 Å². The summed E-state index contributed by atoms with van der Waals surface area (Å²) in [5.41, 5.74) is 2.00. The Labute approximate surface area is 151 Å². The van der Waals surface area contributed by atoms with Crippen LogP contribution in [0.5, 0.6) is 0 Å². The van der Waals surface area contributed by atoms with E-state index < -0.39 is 11.8 Å². The molecule has 0 atom stereocenters. The molecule has 0 saturated carbocycles. The highest BCUT2D eigenvalue weighted by Crippen LogP contribution is 2.26. The smallest absolute Gasteiger partial charge is 0.314 e. The SMILES string of the molecule is N#Cc1ccccc1NC(=O)C(=O)Nc1ccccc1N1CCOCC1. The first-order valence-electron chi connectivity index (χ1n) is 8.22. The zero-order valence-corrected chi connectivity index (χ0v) is 14.1. The lowest BCUT2D eigenvalue weighted by molar-refractivity contribution is -0.132. The molecule has 2 amide bonds. The van der Waals surface area contributed by atoms with Crippen LogP contribution in [0.25, 0.3) is 0 Å². The maximum Gasteiger partial charge on any atom is 0.314 e. The van der Waals surface area contributed by atoms with E-state index in [0.29, 0.717) is 43.2 Å². The quantitative estimate of drug-likeness (QED) is 0.826. The van der Waals surface area contributed by atoms with Crippen LogP contribution in [0.1, 0.15) is 5.56 Å². The van der Waals surface area contributed by atoms with Gasteiger partial charge in [0.25, 0.3) is 0 Å². The highest BCUT2D eigenvalue weighted by atomic mass is 16.5. The van der Waals surface area contributed by atoms with Gasteiger partial charge in [-0.05, 0) is 24.3 Å². The van der Waals surface area contributed by atoms with Gasteiger partial charge in [-0.3, -0.25) is 9.59 Å². The molecule has 3 rings (SSSR count). The summed E-state index contributed by atoms with van der Waals surface area (Å²) in [5, 5.41) is 14.2. The van der Waals surface area contributed by atoms with E-state index in [0.717, 1.165) is 5.69 Å². The molecule has 7 heteroatoms. The Morgan fingerprint density at radius 2 is 1.50 bits per heavy atom. The molecule has 2 N–H and O–H groups in total. The van der Waals surface area contributed by atoms with Crippen molar-refractivity contribution in [2.75, 3.05) is 41.8 Å². The zero-order chi connectivity index (χ0) is 18.4. The lowest BCUT2D eigenvalue weighted by atomic mass is 10.2. The van der Waals surface area contributed by atoms with Crippen molar-refractivity contribution in [2.24, 2.45) is 0 Å². The lowest BCUT2D eigenvalue weighted by Gasteiger charge is -2.30. The fourth-order valence-electron chi connectivity index (χ4n) is 2.71. The Hall–Kier alpha value is -3.37. The number of morpholine rings is 1. The first-order valence-corrected chi connectivity index (χ1v) is 8.22. The molecule has 2 aromatic carbocycles. The molecule has 132 valence electrons. The van der Waals surface area contributed by atoms with Crippen molar-refractivity contribution in [2.45, 2.75) is 0 Å². The molecule has 0 spiro atoms. The van der Waals surface area contributed by atoms with E-state index in [9.17, 15) is 9.59 Å². The first-order chi connectivity index (χ1) is 12.7. The third kappa shape index (κ3) is 3.99. The number of hydrogen-bond acceptors (Lipinski definition) is 5. The molecule has 1 heterocycles. The van der Waals surface area contributed by atoms with E-state index in [2.05, 4.69) is 15.5 Å². The van der Waals surface area contributed by atoms with Crippen molar-refractivity contribution in [3.63, 3.8) is 0 Å². The van der Waals surface area contributed by atoms with Crippen LogP contribution >= 0.6 is 0 Å². The maximum atomic E-state index is 12.3. The fourth-order valence-corrected chi connectivity index (χ4v) is 2.71. The van der Waals surface area contributed by atoms with Gasteiger partial charge >= 0.3 is 11.8 Å². The second-order valence-electron chi connectivity index (χ2n) is 5.68. The second kappa shape index (κ2) is 8.14. The van der Waals surface area contributed by atoms with E-state index in [4.69, 9.17) is 10.00 Å². The summed E-state index contributed by atoms with van der Waals surface area (Å²) >= 11 is 0. The van der Waals surface area contributed by atoms with Crippen molar-refractivity contribution in [1.82, 2.24) is 0 Å². The molecule has 1 saturated heterocycles. The highest BCUT2D eigenvalue weighted by Gasteiger charge is 2.19. The van der Waals surface area contributed by atoms with Crippen LogP contribution in [0.15, 0.2) is 48.5 Å². The van der Waals surface area contributed by atoms with Crippen LogP contribution in [-0.2, 0) is 14.3 Å². The second-order valence-corrected chi connectivity index (χ2v) is 5.68. The number of ether oxygens (including phenoxy) is 1. The largest absolute Gasteiger partial charge is 0.378 e. The summed E-state index contributed by atoms with van der Waals surface area (Å²) in [4.78, 5) is 26.6. The number of nitrogens with one attached hydrogen (secondary N) is 2. The number of carbonyl (C=O) groups excluding carboxylic acids is 2. The molecule has 0 bridgehead atoms. The third-order valence-corrected chi connectivity index (χ3v) is 4.01. The number of nitriles is 1. The Bertz CT molecular complexity index is 854. The number of nitrogens with zero attached hydrogens (tertiary/aromatic N) is 2. The van der Waals surface area contributed by atoms with Gasteiger partial charge in [0.15, 0.2) is 0 Å². The lowest BCUT2D eigenvalue weighted by Crippen LogP contribution is -2.37. The minimum Gasteiger partial charge on any atom is -0.378 e. The molecule has 1 aliphatic heterocycles. The van der Waals surface area contributed by atoms with Crippen LogP contribution in [-0.4, -0.2) is 38.1 Å². The average Bonchev–Trinajstić information content (AvgIpc) is 2.69. The number of para-hydroxylation sites is 3. The van der Waals surface area contributed by atoms with Crippen LogP contribution in [0.4, 0.5) is 17.1 Å². The monoisotopic (exact) mass is 350 g/mol. The number of benzene rings is 2. The van der Waals surface area contributed by atoms with Gasteiger partial charge < -0.3 is 20.3 Å². The number of carbonyl (C=O) groups is 2. The highest BCUT2D eigenvalue weighted by molar-refractivity contribution is 6.44. The van der Waals surface area contributed by atoms with Gasteiger partial charge in [-0.1, -0.05) is 24.3 Å². The number of amides is 2. The van der Waals surface area contributed by atoms with E-state index in [1.807, 2.05) is 18.2 Å². The minimum absolute atomic E-state index is 0.294. The Morgan fingerprint density at radius 3 is 2.19 bits per heavy atom. The first kappa shape index (κ1) is 17.5. The standard InChI is InChI=1S/C19H18N4O3/c20-13-14-5-1-2-6-15(14)21-18(24)19(25)22-16-7-3-4-8-17(16)23-9-11-26-12-10-23/h1-8H,9-12H2,(H,21,24)(H,22,25). The summed E-state index contributed by atoms with van der Waals surface area (Å²) in [6.07, 6.45) is 0. The summed E-state index contributed by atoms with van der Waals surface area (Å²) < 4.78 is 5.35. The van der Waals surface area contributed by atoms with Gasteiger partial charge in [0, 0.05) is 13.1 Å². The molecule has 0 aliphatic carbocycles. The van der Waals surface area contributed by atoms with Gasteiger partial charge in [-0.15, -0.1) is 0 Å². The predicted octanol–water partition coefficient (Wildman–Crippen LogP) is 1.97.